The molecule has 2 rings (SSSR count). The molecule has 5 heteroatoms. The Morgan fingerprint density at radius 2 is 2.29 bits per heavy atom. The smallest absolute Gasteiger partial charge is 0.0719 e. The van der Waals surface area contributed by atoms with Crippen molar-refractivity contribution in [3.8, 4) is 0 Å². The molecule has 1 saturated heterocycles. The second kappa shape index (κ2) is 7.38. The van der Waals surface area contributed by atoms with Crippen molar-refractivity contribution in [1.82, 2.24) is 14.7 Å². The molecule has 0 unspecified atom stereocenters. The topological polar surface area (TPSA) is 50.5 Å². The second-order valence-corrected chi connectivity index (χ2v) is 6.43. The standard InChI is InChI=1S/C16H29N3O2/c1-14-11-17-19(12-14)8-4-7-18-9-5-16(20,6-10-21-3)15(2)13-18/h11-12,15,20H,4-10,13H2,1-3H3/t15-,16-/m1/s1. The Hall–Kier alpha value is -0.910. The van der Waals surface area contributed by atoms with E-state index in [9.17, 15) is 5.11 Å². The molecular weight excluding hydrogens is 266 g/mol. The van der Waals surface area contributed by atoms with Crippen LogP contribution in [0.1, 0.15) is 31.7 Å². The van der Waals surface area contributed by atoms with E-state index in [1.165, 1.54) is 5.56 Å². The maximum absolute atomic E-state index is 10.7. The summed E-state index contributed by atoms with van der Waals surface area (Å²) in [7, 11) is 1.69. The van der Waals surface area contributed by atoms with E-state index in [1.807, 2.05) is 10.9 Å². The molecule has 0 bridgehead atoms. The van der Waals surface area contributed by atoms with Crippen molar-refractivity contribution in [3.63, 3.8) is 0 Å². The predicted molar refractivity (Wildman–Crippen MR) is 83.2 cm³/mol. The number of rotatable bonds is 7. The van der Waals surface area contributed by atoms with Crippen LogP contribution in [0.5, 0.6) is 0 Å². The van der Waals surface area contributed by atoms with E-state index in [0.29, 0.717) is 12.5 Å². The molecule has 0 aromatic carbocycles. The van der Waals surface area contributed by atoms with Crippen LogP contribution in [0.3, 0.4) is 0 Å². The Balaban J connectivity index is 1.72. The minimum absolute atomic E-state index is 0.299. The second-order valence-electron chi connectivity index (χ2n) is 6.43. The predicted octanol–water partition coefficient (Wildman–Crippen LogP) is 1.69. The molecular formula is C16H29N3O2. The van der Waals surface area contributed by atoms with Crippen molar-refractivity contribution in [2.45, 2.75) is 45.3 Å². The van der Waals surface area contributed by atoms with E-state index in [-0.39, 0.29) is 0 Å². The van der Waals surface area contributed by atoms with E-state index >= 15 is 0 Å². The van der Waals surface area contributed by atoms with Crippen molar-refractivity contribution in [2.24, 2.45) is 5.92 Å². The van der Waals surface area contributed by atoms with Gasteiger partial charge >= 0.3 is 0 Å². The molecule has 0 amide bonds. The first kappa shape index (κ1) is 16.5. The Morgan fingerprint density at radius 3 is 2.90 bits per heavy atom. The third kappa shape index (κ3) is 4.53. The number of nitrogens with zero attached hydrogens (tertiary/aromatic N) is 3. The van der Waals surface area contributed by atoms with Crippen LogP contribution in [-0.4, -0.2) is 58.7 Å². The molecule has 0 radical (unpaired) electrons. The third-order valence-electron chi connectivity index (χ3n) is 4.67. The highest BCUT2D eigenvalue weighted by Crippen LogP contribution is 2.30. The van der Waals surface area contributed by atoms with Crippen LogP contribution in [0.4, 0.5) is 0 Å². The summed E-state index contributed by atoms with van der Waals surface area (Å²) in [5.41, 5.74) is 0.663. The van der Waals surface area contributed by atoms with E-state index in [1.54, 1.807) is 7.11 Å². The maximum atomic E-state index is 10.7. The van der Waals surface area contributed by atoms with Crippen LogP contribution < -0.4 is 0 Å². The lowest BCUT2D eigenvalue weighted by Crippen LogP contribution is -2.51. The zero-order chi connectivity index (χ0) is 15.3. The first-order valence-electron chi connectivity index (χ1n) is 7.96. The molecule has 1 aromatic heterocycles. The van der Waals surface area contributed by atoms with E-state index in [0.717, 1.165) is 45.4 Å². The van der Waals surface area contributed by atoms with E-state index in [2.05, 4.69) is 30.0 Å². The Bertz CT molecular complexity index is 435. The summed E-state index contributed by atoms with van der Waals surface area (Å²) in [5.74, 6) is 0.299. The fraction of sp³-hybridized carbons (Fsp3) is 0.812. The fourth-order valence-corrected chi connectivity index (χ4v) is 3.15. The zero-order valence-corrected chi connectivity index (χ0v) is 13.6. The van der Waals surface area contributed by atoms with Gasteiger partial charge in [0.2, 0.25) is 0 Å². The summed E-state index contributed by atoms with van der Waals surface area (Å²) in [5, 5.41) is 15.0. The highest BCUT2D eigenvalue weighted by molar-refractivity contribution is 4.99. The lowest BCUT2D eigenvalue weighted by atomic mass is 9.80. The van der Waals surface area contributed by atoms with Gasteiger partial charge in [0.15, 0.2) is 0 Å². The first-order valence-corrected chi connectivity index (χ1v) is 7.96. The van der Waals surface area contributed by atoms with Gasteiger partial charge in [0.25, 0.3) is 0 Å². The van der Waals surface area contributed by atoms with Gasteiger partial charge in [-0.2, -0.15) is 5.10 Å². The number of likely N-dealkylation sites (tertiary alicyclic amines) is 1. The molecule has 0 aliphatic carbocycles. The highest BCUT2D eigenvalue weighted by atomic mass is 16.5. The SMILES string of the molecule is COCC[C@]1(O)CCN(CCCn2cc(C)cn2)C[C@H]1C. The zero-order valence-electron chi connectivity index (χ0n) is 13.6. The third-order valence-corrected chi connectivity index (χ3v) is 4.67. The Kier molecular flexibility index (Phi) is 5.79. The molecule has 5 nitrogen and oxygen atoms in total. The fourth-order valence-electron chi connectivity index (χ4n) is 3.15. The van der Waals surface area contributed by atoms with Crippen LogP contribution in [-0.2, 0) is 11.3 Å². The van der Waals surface area contributed by atoms with Crippen LogP contribution in [0.2, 0.25) is 0 Å². The quantitative estimate of drug-likeness (QED) is 0.832. The Labute approximate surface area is 127 Å². The normalized spacial score (nSPS) is 27.1. The number of hydrogen-bond acceptors (Lipinski definition) is 4. The van der Waals surface area contributed by atoms with Gasteiger partial charge in [-0.05, 0) is 44.2 Å². The first-order chi connectivity index (χ1) is 10.0. The highest BCUT2D eigenvalue weighted by Gasteiger charge is 2.38. The molecule has 1 aliphatic rings. The number of piperidine rings is 1. The molecule has 1 N–H and O–H groups in total. The molecule has 0 saturated carbocycles. The van der Waals surface area contributed by atoms with Gasteiger partial charge in [-0.15, -0.1) is 0 Å². The summed E-state index contributed by atoms with van der Waals surface area (Å²) in [6.45, 7) is 8.84. The van der Waals surface area contributed by atoms with Gasteiger partial charge in [0.05, 0.1) is 11.8 Å². The van der Waals surface area contributed by atoms with Crippen LogP contribution in [0.25, 0.3) is 0 Å². The van der Waals surface area contributed by atoms with E-state index in [4.69, 9.17) is 4.74 Å². The van der Waals surface area contributed by atoms with Crippen molar-refractivity contribution in [1.29, 1.82) is 0 Å². The summed E-state index contributed by atoms with van der Waals surface area (Å²) < 4.78 is 7.13. The maximum Gasteiger partial charge on any atom is 0.0719 e. The minimum Gasteiger partial charge on any atom is -0.389 e. The van der Waals surface area contributed by atoms with Crippen LogP contribution >= 0.6 is 0 Å². The largest absolute Gasteiger partial charge is 0.389 e. The summed E-state index contributed by atoms with van der Waals surface area (Å²) >= 11 is 0. The number of aliphatic hydroxyl groups is 1. The van der Waals surface area contributed by atoms with E-state index < -0.39 is 5.60 Å². The number of aromatic nitrogens is 2. The monoisotopic (exact) mass is 295 g/mol. The number of methoxy groups -OCH3 is 1. The van der Waals surface area contributed by atoms with Gasteiger partial charge in [0.1, 0.15) is 0 Å². The average Bonchev–Trinajstić information content (AvgIpc) is 2.87. The van der Waals surface area contributed by atoms with Gasteiger partial charge in [-0.3, -0.25) is 4.68 Å². The summed E-state index contributed by atoms with van der Waals surface area (Å²) in [4.78, 5) is 2.46. The molecule has 2 heterocycles. The lowest BCUT2D eigenvalue weighted by Gasteiger charge is -2.43. The van der Waals surface area contributed by atoms with Crippen molar-refractivity contribution in [2.75, 3.05) is 33.4 Å². The molecule has 0 spiro atoms. The molecule has 21 heavy (non-hydrogen) atoms. The van der Waals surface area contributed by atoms with Gasteiger partial charge < -0.3 is 14.7 Å². The summed E-state index contributed by atoms with van der Waals surface area (Å²) in [6, 6.07) is 0. The molecule has 1 aromatic rings. The average molecular weight is 295 g/mol. The van der Waals surface area contributed by atoms with Crippen molar-refractivity contribution < 1.29 is 9.84 Å². The van der Waals surface area contributed by atoms with Crippen LogP contribution in [0.15, 0.2) is 12.4 Å². The number of hydrogen-bond donors (Lipinski definition) is 1. The van der Waals surface area contributed by atoms with Crippen molar-refractivity contribution >= 4 is 0 Å². The Morgan fingerprint density at radius 1 is 1.48 bits per heavy atom. The van der Waals surface area contributed by atoms with Gasteiger partial charge in [0, 0.05) is 39.5 Å². The molecule has 2 atom stereocenters. The lowest BCUT2D eigenvalue weighted by molar-refractivity contribution is -0.0814. The van der Waals surface area contributed by atoms with Gasteiger partial charge in [-0.1, -0.05) is 6.92 Å². The molecule has 1 fully saturated rings. The number of aryl methyl sites for hydroxylation is 2. The minimum atomic E-state index is -0.550. The van der Waals surface area contributed by atoms with Crippen molar-refractivity contribution in [3.05, 3.63) is 18.0 Å². The molecule has 120 valence electrons. The van der Waals surface area contributed by atoms with Crippen LogP contribution in [0, 0.1) is 12.8 Å². The number of ether oxygens (including phenoxy) is 1. The molecule has 1 aliphatic heterocycles. The summed E-state index contributed by atoms with van der Waals surface area (Å²) in [6.07, 6.45) is 6.68. The van der Waals surface area contributed by atoms with Gasteiger partial charge in [-0.25, -0.2) is 0 Å².